The summed E-state index contributed by atoms with van der Waals surface area (Å²) in [5.41, 5.74) is 1.93. The largest absolute Gasteiger partial charge is 0.352 e. The van der Waals surface area contributed by atoms with Crippen molar-refractivity contribution in [3.05, 3.63) is 47.5 Å². The Kier molecular flexibility index (Phi) is 6.64. The quantitative estimate of drug-likeness (QED) is 0.524. The van der Waals surface area contributed by atoms with Crippen LogP contribution in [0.2, 0.25) is 0 Å². The highest BCUT2D eigenvalue weighted by atomic mass is 16.2. The molecule has 0 unspecified atom stereocenters. The summed E-state index contributed by atoms with van der Waals surface area (Å²) in [6.07, 6.45) is 4.20. The van der Waals surface area contributed by atoms with Gasteiger partial charge < -0.3 is 16.0 Å². The molecule has 0 saturated heterocycles. The highest BCUT2D eigenvalue weighted by molar-refractivity contribution is 5.94. The third-order valence-electron chi connectivity index (χ3n) is 3.57. The highest BCUT2D eigenvalue weighted by Gasteiger charge is 2.07. The average Bonchev–Trinajstić information content (AvgIpc) is 2.58. The lowest BCUT2D eigenvalue weighted by atomic mass is 10.1. The molecule has 0 aliphatic carbocycles. The molecule has 0 saturated carbocycles. The van der Waals surface area contributed by atoms with E-state index in [2.05, 4.69) is 22.0 Å². The number of nitrogens with one attached hydrogen (secondary N) is 3. The van der Waals surface area contributed by atoms with Gasteiger partial charge in [0.05, 0.1) is 0 Å². The lowest BCUT2D eigenvalue weighted by molar-refractivity contribution is -0.121. The number of hydrogen-bond donors (Lipinski definition) is 3. The molecule has 1 aromatic carbocycles. The van der Waals surface area contributed by atoms with Crippen LogP contribution in [0.4, 0.5) is 0 Å². The molecule has 0 atom stereocenters. The summed E-state index contributed by atoms with van der Waals surface area (Å²) in [4.78, 5) is 23.5. The molecule has 5 nitrogen and oxygen atoms in total. The Labute approximate surface area is 131 Å². The molecule has 2 rings (SSSR count). The zero-order valence-corrected chi connectivity index (χ0v) is 12.7. The molecule has 1 aliphatic heterocycles. The summed E-state index contributed by atoms with van der Waals surface area (Å²) in [6.45, 7) is 3.01. The smallest absolute Gasteiger partial charge is 0.251 e. The lowest BCUT2D eigenvalue weighted by Gasteiger charge is -2.14. The third-order valence-corrected chi connectivity index (χ3v) is 3.57. The van der Waals surface area contributed by atoms with Gasteiger partial charge in [-0.3, -0.25) is 9.59 Å². The van der Waals surface area contributed by atoms with E-state index in [0.29, 0.717) is 31.5 Å². The van der Waals surface area contributed by atoms with Crippen molar-refractivity contribution in [1.82, 2.24) is 16.0 Å². The Morgan fingerprint density at radius 3 is 2.68 bits per heavy atom. The van der Waals surface area contributed by atoms with Crippen LogP contribution in [0, 0.1) is 0 Å². The monoisotopic (exact) mass is 301 g/mol. The van der Waals surface area contributed by atoms with Crippen LogP contribution >= 0.6 is 0 Å². The van der Waals surface area contributed by atoms with Crippen molar-refractivity contribution in [2.45, 2.75) is 19.3 Å². The topological polar surface area (TPSA) is 70.2 Å². The molecule has 5 heteroatoms. The summed E-state index contributed by atoms with van der Waals surface area (Å²) in [6, 6.07) is 9.08. The molecular formula is C17H23N3O2. The van der Waals surface area contributed by atoms with Crippen molar-refractivity contribution in [2.24, 2.45) is 0 Å². The zero-order chi connectivity index (χ0) is 15.6. The van der Waals surface area contributed by atoms with Gasteiger partial charge in [0.15, 0.2) is 0 Å². The van der Waals surface area contributed by atoms with Gasteiger partial charge >= 0.3 is 0 Å². The van der Waals surface area contributed by atoms with E-state index < -0.39 is 0 Å². The van der Waals surface area contributed by atoms with Gasteiger partial charge in [0.1, 0.15) is 0 Å². The SMILES string of the molecule is O=C(CCCNC(=O)c1ccccc1)NCC1=CCNCC1. The Morgan fingerprint density at radius 2 is 1.95 bits per heavy atom. The fraction of sp³-hybridized carbons (Fsp3) is 0.412. The molecule has 22 heavy (non-hydrogen) atoms. The Bertz CT molecular complexity index is 526. The Hall–Kier alpha value is -2.14. The fourth-order valence-corrected chi connectivity index (χ4v) is 2.27. The number of carbonyl (C=O) groups is 2. The summed E-state index contributed by atoms with van der Waals surface area (Å²) in [5, 5.41) is 8.98. The van der Waals surface area contributed by atoms with Crippen molar-refractivity contribution < 1.29 is 9.59 Å². The minimum absolute atomic E-state index is 0.0355. The Balaban J connectivity index is 1.57. The van der Waals surface area contributed by atoms with Crippen LogP contribution in [0.5, 0.6) is 0 Å². The summed E-state index contributed by atoms with van der Waals surface area (Å²) >= 11 is 0. The molecule has 0 radical (unpaired) electrons. The highest BCUT2D eigenvalue weighted by Crippen LogP contribution is 2.02. The first-order valence-corrected chi connectivity index (χ1v) is 7.74. The van der Waals surface area contributed by atoms with Crippen molar-refractivity contribution in [1.29, 1.82) is 0 Å². The predicted octanol–water partition coefficient (Wildman–Crippen LogP) is 1.23. The normalized spacial score (nSPS) is 14.1. The Morgan fingerprint density at radius 1 is 1.14 bits per heavy atom. The van der Waals surface area contributed by atoms with E-state index in [9.17, 15) is 9.59 Å². The second-order valence-corrected chi connectivity index (χ2v) is 5.32. The summed E-state index contributed by atoms with van der Waals surface area (Å²) in [7, 11) is 0. The molecule has 0 aromatic heterocycles. The van der Waals surface area contributed by atoms with Crippen LogP contribution in [0.25, 0.3) is 0 Å². The molecule has 3 N–H and O–H groups in total. The zero-order valence-electron chi connectivity index (χ0n) is 12.7. The average molecular weight is 301 g/mol. The van der Waals surface area contributed by atoms with E-state index in [1.54, 1.807) is 12.1 Å². The maximum absolute atomic E-state index is 11.8. The van der Waals surface area contributed by atoms with E-state index >= 15 is 0 Å². The number of rotatable bonds is 7. The van der Waals surface area contributed by atoms with Crippen molar-refractivity contribution in [2.75, 3.05) is 26.2 Å². The van der Waals surface area contributed by atoms with Crippen LogP contribution in [-0.2, 0) is 4.79 Å². The maximum atomic E-state index is 11.8. The van der Waals surface area contributed by atoms with Crippen LogP contribution in [0.3, 0.4) is 0 Å². The maximum Gasteiger partial charge on any atom is 0.251 e. The van der Waals surface area contributed by atoms with Gasteiger partial charge in [-0.05, 0) is 31.5 Å². The molecule has 118 valence electrons. The van der Waals surface area contributed by atoms with Gasteiger partial charge in [-0.15, -0.1) is 0 Å². The van der Waals surface area contributed by atoms with E-state index in [4.69, 9.17) is 0 Å². The summed E-state index contributed by atoms with van der Waals surface area (Å²) < 4.78 is 0. The third kappa shape index (κ3) is 5.69. The van der Waals surface area contributed by atoms with Crippen molar-refractivity contribution in [3.63, 3.8) is 0 Å². The molecule has 0 spiro atoms. The van der Waals surface area contributed by atoms with E-state index in [0.717, 1.165) is 19.5 Å². The van der Waals surface area contributed by atoms with Crippen molar-refractivity contribution >= 4 is 11.8 Å². The first-order chi connectivity index (χ1) is 10.8. The van der Waals surface area contributed by atoms with Crippen LogP contribution in [0.15, 0.2) is 42.0 Å². The van der Waals surface area contributed by atoms with Gasteiger partial charge in [0.2, 0.25) is 5.91 Å². The first kappa shape index (κ1) is 16.2. The van der Waals surface area contributed by atoms with Gasteiger partial charge in [-0.25, -0.2) is 0 Å². The minimum atomic E-state index is -0.0964. The number of carbonyl (C=O) groups excluding carboxylic acids is 2. The van der Waals surface area contributed by atoms with Crippen LogP contribution in [-0.4, -0.2) is 38.0 Å². The van der Waals surface area contributed by atoms with Crippen LogP contribution in [0.1, 0.15) is 29.6 Å². The molecule has 1 aliphatic rings. The molecule has 0 bridgehead atoms. The van der Waals surface area contributed by atoms with E-state index in [-0.39, 0.29) is 11.8 Å². The lowest BCUT2D eigenvalue weighted by Crippen LogP contribution is -2.30. The fourth-order valence-electron chi connectivity index (χ4n) is 2.27. The standard InChI is InChI=1S/C17H23N3O2/c21-16(20-13-14-8-11-18-12-9-14)7-4-10-19-17(22)15-5-2-1-3-6-15/h1-3,5-6,8,18H,4,7,9-13H2,(H,19,22)(H,20,21). The molecular weight excluding hydrogens is 278 g/mol. The predicted molar refractivity (Wildman–Crippen MR) is 86.6 cm³/mol. The van der Waals surface area contributed by atoms with E-state index in [1.807, 2.05) is 18.2 Å². The number of benzene rings is 1. The number of amides is 2. The molecule has 0 fully saturated rings. The van der Waals surface area contributed by atoms with Crippen LogP contribution < -0.4 is 16.0 Å². The summed E-state index contributed by atoms with van der Waals surface area (Å²) in [5.74, 6) is -0.0609. The molecule has 2 amide bonds. The molecule has 1 heterocycles. The first-order valence-electron chi connectivity index (χ1n) is 7.74. The van der Waals surface area contributed by atoms with Gasteiger partial charge in [0.25, 0.3) is 5.91 Å². The number of hydrogen-bond acceptors (Lipinski definition) is 3. The second kappa shape index (κ2) is 9.00. The van der Waals surface area contributed by atoms with E-state index in [1.165, 1.54) is 5.57 Å². The minimum Gasteiger partial charge on any atom is -0.352 e. The van der Waals surface area contributed by atoms with Gasteiger partial charge in [-0.1, -0.05) is 29.8 Å². The molecule has 1 aromatic rings. The van der Waals surface area contributed by atoms with Crippen molar-refractivity contribution in [3.8, 4) is 0 Å². The van der Waals surface area contributed by atoms with Gasteiger partial charge in [0, 0.05) is 31.6 Å². The van der Waals surface area contributed by atoms with Gasteiger partial charge in [-0.2, -0.15) is 0 Å². The second-order valence-electron chi connectivity index (χ2n) is 5.32.